The molecule has 108 heavy (non-hydrogen) atoms. The normalized spacial score (nSPS) is 34.5. The molecule has 6 N–H and O–H groups in total. The Kier molecular flexibility index (Phi) is 25.3. The third kappa shape index (κ3) is 17.4. The van der Waals surface area contributed by atoms with Crippen molar-refractivity contribution in [2.45, 2.75) is 258 Å². The molecular formula is C93H122O12S3. The average Bonchev–Trinajstić information content (AvgIpc) is 1.57. The molecule has 0 radical (unpaired) electrons. The second-order valence-corrected chi connectivity index (χ2v) is 41.8. The number of hydrogen-bond donors (Lipinski definition) is 6. The van der Waals surface area contributed by atoms with E-state index >= 15 is 0 Å². The molecule has 0 spiro atoms. The summed E-state index contributed by atoms with van der Waals surface area (Å²) in [6, 6.07) is 31.1. The largest absolute Gasteiger partial charge is 0.393 e. The maximum atomic E-state index is 13.5. The summed E-state index contributed by atoms with van der Waals surface area (Å²) in [5.41, 5.74) is 11.2. The Morgan fingerprint density at radius 2 is 0.889 bits per heavy atom. The highest BCUT2D eigenvalue weighted by molar-refractivity contribution is 7.93. The molecule has 0 aliphatic heterocycles. The molecule has 0 saturated heterocycles. The van der Waals surface area contributed by atoms with Crippen LogP contribution >= 0.6 is 0 Å². The Morgan fingerprint density at radius 3 is 1.38 bits per heavy atom. The van der Waals surface area contributed by atoms with Crippen LogP contribution in [0.2, 0.25) is 0 Å². The van der Waals surface area contributed by atoms with Gasteiger partial charge in [-0.1, -0.05) is 193 Å². The third-order valence-electron chi connectivity index (χ3n) is 28.4. The molecule has 9 saturated carbocycles. The molecule has 4 aromatic carbocycles. The number of fused-ring (bicyclic) bond motifs is 4. The first-order valence-corrected chi connectivity index (χ1v) is 45.4. The van der Waals surface area contributed by atoms with E-state index in [1.54, 1.807) is 42.5 Å². The van der Waals surface area contributed by atoms with Crippen molar-refractivity contribution < 1.29 is 55.9 Å². The average molecular weight is 1530 g/mol. The smallest absolute Gasteiger partial charge is 0.184 e. The lowest BCUT2D eigenvalue weighted by molar-refractivity contribution is 0.0855. The third-order valence-corrected chi connectivity index (χ3v) is 34.5. The van der Waals surface area contributed by atoms with Gasteiger partial charge in [0, 0.05) is 19.3 Å². The number of aliphatic hydroxyl groups is 6. The zero-order valence-corrected chi connectivity index (χ0v) is 67.5. The molecular weight excluding hydrogens is 1410 g/mol. The second kappa shape index (κ2) is 33.5. The van der Waals surface area contributed by atoms with E-state index in [4.69, 9.17) is 0 Å². The molecule has 9 fully saturated rings. The van der Waals surface area contributed by atoms with Crippen LogP contribution in [0.5, 0.6) is 0 Å². The van der Waals surface area contributed by atoms with Crippen LogP contribution in [-0.4, -0.2) is 109 Å². The van der Waals surface area contributed by atoms with Crippen LogP contribution in [0.25, 0.3) is 10.8 Å². The lowest BCUT2D eigenvalue weighted by atomic mass is 9.60. The van der Waals surface area contributed by atoms with Crippen molar-refractivity contribution in [3.63, 3.8) is 0 Å². The fourth-order valence-corrected chi connectivity index (χ4v) is 27.1. The summed E-state index contributed by atoms with van der Waals surface area (Å²) in [5, 5.41) is 62.9. The van der Waals surface area contributed by atoms with Gasteiger partial charge in [0.15, 0.2) is 29.5 Å². The summed E-state index contributed by atoms with van der Waals surface area (Å²) < 4.78 is 78.6. The number of benzene rings is 4. The summed E-state index contributed by atoms with van der Waals surface area (Å²) >= 11 is 0. The Balaban J connectivity index is 0.000000152. The van der Waals surface area contributed by atoms with Gasteiger partial charge in [-0.05, 0) is 285 Å². The predicted octanol–water partition coefficient (Wildman–Crippen LogP) is 18.5. The summed E-state index contributed by atoms with van der Waals surface area (Å²) in [6.45, 7) is 26.1. The quantitative estimate of drug-likeness (QED) is 0.0512. The number of allylic oxidation sites excluding steroid dienone is 11. The van der Waals surface area contributed by atoms with Gasteiger partial charge in [-0.25, -0.2) is 25.3 Å². The fourth-order valence-electron chi connectivity index (χ4n) is 22.0. The summed E-state index contributed by atoms with van der Waals surface area (Å²) in [6.07, 6.45) is 33.9. The minimum absolute atomic E-state index is 0.0567. The highest BCUT2D eigenvalue weighted by atomic mass is 32.2. The zero-order valence-electron chi connectivity index (χ0n) is 65.0. The van der Waals surface area contributed by atoms with E-state index < -0.39 is 70.9 Å². The molecule has 0 aromatic heterocycles. The fraction of sp³-hybridized carbons (Fsp3) is 0.548. The van der Waals surface area contributed by atoms with E-state index in [0.717, 1.165) is 141 Å². The van der Waals surface area contributed by atoms with Gasteiger partial charge in [0.05, 0.1) is 67.6 Å². The van der Waals surface area contributed by atoms with Crippen molar-refractivity contribution in [3.8, 4) is 0 Å². The first kappa shape index (κ1) is 81.6. The second-order valence-electron chi connectivity index (χ2n) is 35.2. The molecule has 10 aliphatic carbocycles. The van der Waals surface area contributed by atoms with Gasteiger partial charge in [0.1, 0.15) is 0 Å². The van der Waals surface area contributed by atoms with Crippen molar-refractivity contribution in [1.29, 1.82) is 0 Å². The molecule has 4 aromatic rings. The number of sulfone groups is 3. The van der Waals surface area contributed by atoms with Crippen molar-refractivity contribution in [2.75, 3.05) is 11.5 Å². The predicted molar refractivity (Wildman–Crippen MR) is 436 cm³/mol. The van der Waals surface area contributed by atoms with Gasteiger partial charge in [0.2, 0.25) is 0 Å². The first-order chi connectivity index (χ1) is 51.3. The van der Waals surface area contributed by atoms with Gasteiger partial charge in [-0.3, -0.25) is 0 Å². The molecule has 0 bridgehead atoms. The van der Waals surface area contributed by atoms with Crippen molar-refractivity contribution in [3.05, 3.63) is 221 Å². The highest BCUT2D eigenvalue weighted by Crippen LogP contribution is 2.64. The lowest BCUT2D eigenvalue weighted by Crippen LogP contribution is -2.38. The van der Waals surface area contributed by atoms with Crippen molar-refractivity contribution in [2.24, 2.45) is 63.6 Å². The topological polar surface area (TPSA) is 224 Å². The van der Waals surface area contributed by atoms with Gasteiger partial charge in [-0.2, -0.15) is 0 Å². The molecule has 17 atom stereocenters. The Morgan fingerprint density at radius 1 is 0.463 bits per heavy atom. The molecule has 12 nitrogen and oxygen atoms in total. The first-order valence-electron chi connectivity index (χ1n) is 40.6. The highest BCUT2D eigenvalue weighted by Gasteiger charge is 2.59. The zero-order chi connectivity index (χ0) is 77.3. The maximum Gasteiger partial charge on any atom is 0.184 e. The molecule has 14 rings (SSSR count). The van der Waals surface area contributed by atoms with Crippen molar-refractivity contribution in [1.82, 2.24) is 0 Å². The van der Waals surface area contributed by atoms with Crippen molar-refractivity contribution >= 4 is 40.3 Å². The molecule has 15 heteroatoms. The Hall–Kier alpha value is -5.85. The monoisotopic (exact) mass is 1530 g/mol. The van der Waals surface area contributed by atoms with Gasteiger partial charge in [0.25, 0.3) is 0 Å². The number of aliphatic hydroxyl groups excluding tert-OH is 6. The van der Waals surface area contributed by atoms with Crippen LogP contribution in [0.15, 0.2) is 236 Å². The molecule has 0 unspecified atom stereocenters. The van der Waals surface area contributed by atoms with E-state index in [2.05, 4.69) is 104 Å². The van der Waals surface area contributed by atoms with Crippen LogP contribution in [-0.2, 0) is 29.5 Å². The van der Waals surface area contributed by atoms with E-state index in [0.29, 0.717) is 107 Å². The molecule has 584 valence electrons. The van der Waals surface area contributed by atoms with E-state index in [1.165, 1.54) is 35.1 Å². The molecule has 0 amide bonds. The van der Waals surface area contributed by atoms with E-state index in [1.807, 2.05) is 60.7 Å². The van der Waals surface area contributed by atoms with E-state index in [9.17, 15) is 55.9 Å². The van der Waals surface area contributed by atoms with Crippen LogP contribution in [0.3, 0.4) is 0 Å². The lowest BCUT2D eigenvalue weighted by Gasteiger charge is -2.45. The maximum absolute atomic E-state index is 13.5. The minimum atomic E-state index is -3.34. The van der Waals surface area contributed by atoms with Gasteiger partial charge >= 0.3 is 0 Å². The van der Waals surface area contributed by atoms with Crippen LogP contribution in [0.1, 0.15) is 202 Å². The minimum Gasteiger partial charge on any atom is -0.393 e. The standard InChI is InChI=1S/C33H42O4S.C31H42O4S.C29H38O4S/c1-22(16-18-38(36,37)29-13-12-24-7-4-5-8-27(24)20-29)30-14-15-31-25(9-6-17-33(30,31)3)10-11-26-19-28(34)21-32(35)23(26)2;1-21(20-31(16-17-31)36(34,35)26-9-5-4-6-10-26)27-13-14-28-23(8-7-15-30(27,28)3)11-12-24-18-25(32)19-29(33)22(24)2;1-20(15-17-34(32,33)25-9-5-4-6-10-25)26-13-14-27-22(8-7-16-29(26,27)3)11-12-23-18-24(30)19-28(31)21(23)2/h4-5,7-8,10-13,20,22,28,30-32,34-35H,2,6,9,14-19,21H2,1,3H3;4-6,9-12,21,25,27-29,32-33H,2,7-8,13-20H2,1,3H3;4-6,9-13,20,24,27-28,30-31H,2,7-8,14-19H2,1,3H3/b25-10+,26-11-;23-11+,24-12-;22-11+,23-12-/t22-,28-,30-,31+,32+,33-;21-,25-,27-,28+,29+,30-;20-,24-,27+,28+,29-/m111/s1. The Bertz CT molecular complexity index is 4550. The van der Waals surface area contributed by atoms with E-state index in [-0.39, 0.29) is 33.7 Å². The summed E-state index contributed by atoms with van der Waals surface area (Å²) in [5.74, 6) is 3.74. The molecule has 0 heterocycles. The van der Waals surface area contributed by atoms with Crippen LogP contribution in [0.4, 0.5) is 0 Å². The number of hydrogen-bond acceptors (Lipinski definition) is 12. The molecule has 10 aliphatic rings. The summed E-state index contributed by atoms with van der Waals surface area (Å²) in [4.78, 5) is 1.30. The van der Waals surface area contributed by atoms with Crippen LogP contribution in [0, 0.1) is 63.6 Å². The summed E-state index contributed by atoms with van der Waals surface area (Å²) in [7, 11) is -9.93. The van der Waals surface area contributed by atoms with Crippen LogP contribution < -0.4 is 0 Å². The van der Waals surface area contributed by atoms with Gasteiger partial charge < -0.3 is 30.6 Å². The van der Waals surface area contributed by atoms with Gasteiger partial charge in [-0.15, -0.1) is 0 Å². The SMILES string of the molecule is C=C1/C(=C\C=C2/CCC[C@]3(C)C([C@H](C)CCS(=O)(=O)c4ccccc4)=CC[C@@H]23)C[C@@H](O)C[C@@H]1O.C=C1/C(=C\C=C2/CCC[C@]3(C)[C@@H]([C@H](C)CC4(S(=O)(=O)c5ccccc5)CC4)CC[C@@H]23)C[C@@H](O)C[C@@H]1O.C=C1/C(=C\C=C2/CCC[C@]3(C)[C@@H]([C@H](C)CCS(=O)(=O)c4ccc5ccccc5c4)CC[C@@H]23)C[C@@H](O)C[C@@H]1O. The Labute approximate surface area is 646 Å². The number of rotatable bonds is 18.